The Morgan fingerprint density at radius 2 is 1.80 bits per heavy atom. The van der Waals surface area contributed by atoms with Crippen molar-refractivity contribution >= 4 is 34.8 Å². The molecular weight excluding hydrogens is 424 g/mol. The monoisotopic (exact) mass is 449 g/mol. The summed E-state index contributed by atoms with van der Waals surface area (Å²) in [5, 5.41) is 1.30. The van der Waals surface area contributed by atoms with Gasteiger partial charge in [-0.2, -0.15) is 0 Å². The van der Waals surface area contributed by atoms with Crippen molar-refractivity contribution in [2.75, 3.05) is 44.2 Å². The normalized spacial score (nSPS) is 20.4. The lowest BCUT2D eigenvalue weighted by atomic mass is 9.95. The molecular formula is C23H26Cl2FN3O. The molecule has 2 aliphatic heterocycles. The summed E-state index contributed by atoms with van der Waals surface area (Å²) in [6, 6.07) is 12.4. The third kappa shape index (κ3) is 4.90. The fraction of sp³-hybridized carbons (Fsp3) is 0.435. The number of amides is 1. The third-order valence-corrected chi connectivity index (χ3v) is 6.64. The minimum atomic E-state index is -0.207. The third-order valence-electron chi connectivity index (χ3n) is 6.05. The molecule has 0 N–H and O–H groups in total. The van der Waals surface area contributed by atoms with Gasteiger partial charge in [0.05, 0.1) is 11.6 Å². The molecule has 1 atom stereocenters. The number of piperazine rings is 1. The van der Waals surface area contributed by atoms with E-state index in [1.54, 1.807) is 18.2 Å². The molecule has 0 radical (unpaired) electrons. The SMILES string of the molecule is O=C([C@@H]1CCCN(Cc2ccc(Cl)cc2Cl)C1)N1CCN(c2ccccc2F)CC1. The molecule has 4 rings (SSSR count). The Kier molecular flexibility index (Phi) is 6.81. The van der Waals surface area contributed by atoms with Crippen molar-refractivity contribution in [1.29, 1.82) is 0 Å². The summed E-state index contributed by atoms with van der Waals surface area (Å²) in [4.78, 5) is 19.4. The second kappa shape index (κ2) is 9.54. The summed E-state index contributed by atoms with van der Waals surface area (Å²) in [5.41, 5.74) is 1.65. The van der Waals surface area contributed by atoms with E-state index >= 15 is 0 Å². The predicted octanol–water partition coefficient (Wildman–Crippen LogP) is 4.69. The van der Waals surface area contributed by atoms with Gasteiger partial charge in [-0.3, -0.25) is 9.69 Å². The average molecular weight is 450 g/mol. The number of anilines is 1. The molecule has 2 aromatic rings. The average Bonchev–Trinajstić information content (AvgIpc) is 2.76. The summed E-state index contributed by atoms with van der Waals surface area (Å²) in [6.45, 7) is 5.00. The van der Waals surface area contributed by atoms with Gasteiger partial charge in [-0.25, -0.2) is 4.39 Å². The molecule has 30 heavy (non-hydrogen) atoms. The minimum absolute atomic E-state index is 0.00448. The van der Waals surface area contributed by atoms with Gasteiger partial charge in [0.25, 0.3) is 0 Å². The van der Waals surface area contributed by atoms with Crippen LogP contribution >= 0.6 is 23.2 Å². The Morgan fingerprint density at radius 3 is 2.53 bits per heavy atom. The zero-order chi connectivity index (χ0) is 21.1. The maximum Gasteiger partial charge on any atom is 0.227 e. The van der Waals surface area contributed by atoms with Crippen LogP contribution in [-0.2, 0) is 11.3 Å². The first-order chi connectivity index (χ1) is 14.5. The number of likely N-dealkylation sites (tertiary alicyclic amines) is 1. The maximum absolute atomic E-state index is 14.0. The molecule has 4 nitrogen and oxygen atoms in total. The molecule has 0 bridgehead atoms. The highest BCUT2D eigenvalue weighted by Crippen LogP contribution is 2.26. The number of carbonyl (C=O) groups excluding carboxylic acids is 1. The Morgan fingerprint density at radius 1 is 1.03 bits per heavy atom. The summed E-state index contributed by atoms with van der Waals surface area (Å²) in [5.74, 6) is 0.0148. The number of para-hydroxylation sites is 1. The van der Waals surface area contributed by atoms with E-state index in [0.29, 0.717) is 41.9 Å². The molecule has 0 spiro atoms. The van der Waals surface area contributed by atoms with Crippen LogP contribution in [0.3, 0.4) is 0 Å². The van der Waals surface area contributed by atoms with Crippen LogP contribution in [-0.4, -0.2) is 55.0 Å². The van der Waals surface area contributed by atoms with E-state index in [0.717, 1.165) is 38.0 Å². The van der Waals surface area contributed by atoms with Gasteiger partial charge in [0, 0.05) is 49.3 Å². The molecule has 2 saturated heterocycles. The minimum Gasteiger partial charge on any atom is -0.366 e. The lowest BCUT2D eigenvalue weighted by molar-refractivity contribution is -0.137. The van der Waals surface area contributed by atoms with Crippen molar-refractivity contribution in [3.05, 3.63) is 63.9 Å². The molecule has 2 aliphatic rings. The molecule has 2 heterocycles. The number of hydrogen-bond acceptors (Lipinski definition) is 3. The van der Waals surface area contributed by atoms with E-state index < -0.39 is 0 Å². The van der Waals surface area contributed by atoms with Gasteiger partial charge in [0.2, 0.25) is 5.91 Å². The fourth-order valence-corrected chi connectivity index (χ4v) is 4.89. The van der Waals surface area contributed by atoms with Crippen LogP contribution in [0.2, 0.25) is 10.0 Å². The van der Waals surface area contributed by atoms with Gasteiger partial charge < -0.3 is 9.80 Å². The van der Waals surface area contributed by atoms with Crippen molar-refractivity contribution in [3.63, 3.8) is 0 Å². The molecule has 2 aromatic carbocycles. The smallest absolute Gasteiger partial charge is 0.227 e. The lowest BCUT2D eigenvalue weighted by Gasteiger charge is -2.39. The zero-order valence-electron chi connectivity index (χ0n) is 16.9. The molecule has 0 unspecified atom stereocenters. The Bertz CT molecular complexity index is 902. The molecule has 0 aromatic heterocycles. The zero-order valence-corrected chi connectivity index (χ0v) is 18.4. The second-order valence-corrected chi connectivity index (χ2v) is 8.92. The Labute approximate surface area is 187 Å². The van der Waals surface area contributed by atoms with Gasteiger partial charge >= 0.3 is 0 Å². The molecule has 160 valence electrons. The Balaban J connectivity index is 1.33. The molecule has 7 heteroatoms. The first-order valence-electron chi connectivity index (χ1n) is 10.5. The second-order valence-electron chi connectivity index (χ2n) is 8.07. The van der Waals surface area contributed by atoms with E-state index in [1.165, 1.54) is 6.07 Å². The lowest BCUT2D eigenvalue weighted by Crippen LogP contribution is -2.52. The number of halogens is 3. The highest BCUT2D eigenvalue weighted by atomic mass is 35.5. The van der Waals surface area contributed by atoms with Crippen LogP contribution in [0.4, 0.5) is 10.1 Å². The molecule has 2 fully saturated rings. The first-order valence-corrected chi connectivity index (χ1v) is 11.2. The van der Waals surface area contributed by atoms with E-state index in [4.69, 9.17) is 23.2 Å². The molecule has 0 aliphatic carbocycles. The van der Waals surface area contributed by atoms with Crippen LogP contribution in [0.25, 0.3) is 0 Å². The Hall–Kier alpha value is -1.82. The van der Waals surface area contributed by atoms with Gasteiger partial charge in [0.1, 0.15) is 5.82 Å². The summed E-state index contributed by atoms with van der Waals surface area (Å²) < 4.78 is 14.0. The summed E-state index contributed by atoms with van der Waals surface area (Å²) in [6.07, 6.45) is 1.91. The van der Waals surface area contributed by atoms with Crippen LogP contribution < -0.4 is 4.90 Å². The van der Waals surface area contributed by atoms with Crippen molar-refractivity contribution in [1.82, 2.24) is 9.80 Å². The van der Waals surface area contributed by atoms with Crippen molar-refractivity contribution in [3.8, 4) is 0 Å². The number of hydrogen-bond donors (Lipinski definition) is 0. The largest absolute Gasteiger partial charge is 0.366 e. The quantitative estimate of drug-likeness (QED) is 0.676. The number of piperidine rings is 1. The maximum atomic E-state index is 14.0. The molecule has 1 amide bonds. The highest BCUT2D eigenvalue weighted by molar-refractivity contribution is 6.35. The number of carbonyl (C=O) groups is 1. The number of benzene rings is 2. The van der Waals surface area contributed by atoms with Gasteiger partial charge in [-0.1, -0.05) is 41.4 Å². The molecule has 0 saturated carbocycles. The fourth-order valence-electron chi connectivity index (χ4n) is 4.43. The van der Waals surface area contributed by atoms with Gasteiger partial charge in [0.15, 0.2) is 0 Å². The number of rotatable bonds is 4. The summed E-state index contributed by atoms with van der Waals surface area (Å²) >= 11 is 12.3. The standard InChI is InChI=1S/C23H26Cl2FN3O/c24-19-8-7-17(20(25)14-19)15-27-9-3-4-18(16-27)23(30)29-12-10-28(11-13-29)22-6-2-1-5-21(22)26/h1-2,5-8,14,18H,3-4,9-13,15-16H2/t18-/m1/s1. The van der Waals surface area contributed by atoms with Crippen molar-refractivity contribution in [2.24, 2.45) is 5.92 Å². The van der Waals surface area contributed by atoms with E-state index in [9.17, 15) is 9.18 Å². The van der Waals surface area contributed by atoms with E-state index in [2.05, 4.69) is 4.90 Å². The van der Waals surface area contributed by atoms with E-state index in [1.807, 2.05) is 28.0 Å². The number of nitrogens with zero attached hydrogens (tertiary/aromatic N) is 3. The topological polar surface area (TPSA) is 26.8 Å². The van der Waals surface area contributed by atoms with Crippen molar-refractivity contribution in [2.45, 2.75) is 19.4 Å². The van der Waals surface area contributed by atoms with Crippen LogP contribution in [0.5, 0.6) is 0 Å². The highest BCUT2D eigenvalue weighted by Gasteiger charge is 2.31. The predicted molar refractivity (Wildman–Crippen MR) is 120 cm³/mol. The van der Waals surface area contributed by atoms with Crippen molar-refractivity contribution < 1.29 is 9.18 Å². The van der Waals surface area contributed by atoms with E-state index in [-0.39, 0.29) is 17.6 Å². The van der Waals surface area contributed by atoms with Crippen LogP contribution in [0, 0.1) is 11.7 Å². The van der Waals surface area contributed by atoms with Gasteiger partial charge in [-0.05, 0) is 49.2 Å². The van der Waals surface area contributed by atoms with Gasteiger partial charge in [-0.15, -0.1) is 0 Å². The summed E-state index contributed by atoms with van der Waals surface area (Å²) in [7, 11) is 0. The van der Waals surface area contributed by atoms with Crippen LogP contribution in [0.1, 0.15) is 18.4 Å². The first kappa shape index (κ1) is 21.4. The van der Waals surface area contributed by atoms with Crippen LogP contribution in [0.15, 0.2) is 42.5 Å².